The highest BCUT2D eigenvalue weighted by Crippen LogP contribution is 2.23. The van der Waals surface area contributed by atoms with Gasteiger partial charge < -0.3 is 10.1 Å². The van der Waals surface area contributed by atoms with Crippen molar-refractivity contribution >= 4 is 16.1 Å². The van der Waals surface area contributed by atoms with Gasteiger partial charge >= 0.3 is 6.09 Å². The fourth-order valence-corrected chi connectivity index (χ4v) is 4.40. The minimum Gasteiger partial charge on any atom is -0.444 e. The van der Waals surface area contributed by atoms with Crippen LogP contribution in [0.4, 0.5) is 4.79 Å². The maximum Gasteiger partial charge on any atom is 0.407 e. The van der Waals surface area contributed by atoms with Crippen molar-refractivity contribution < 1.29 is 17.9 Å². The van der Waals surface area contributed by atoms with Crippen LogP contribution in [0.15, 0.2) is 0 Å². The molecule has 1 aliphatic rings. The molecule has 7 heteroatoms. The molecule has 0 radical (unpaired) electrons. The van der Waals surface area contributed by atoms with Crippen LogP contribution in [0.5, 0.6) is 0 Å². The summed E-state index contributed by atoms with van der Waals surface area (Å²) >= 11 is 0. The van der Waals surface area contributed by atoms with Gasteiger partial charge in [-0.1, -0.05) is 13.3 Å². The number of carbonyl (C=O) groups is 1. The number of piperidine rings is 1. The second-order valence-corrected chi connectivity index (χ2v) is 9.43. The largest absolute Gasteiger partial charge is 0.444 e. The molecule has 0 bridgehead atoms. The van der Waals surface area contributed by atoms with E-state index in [9.17, 15) is 13.2 Å². The number of rotatable bonds is 6. The molecule has 6 nitrogen and oxygen atoms in total. The highest BCUT2D eigenvalue weighted by atomic mass is 32.2. The Morgan fingerprint density at radius 2 is 1.87 bits per heavy atom. The van der Waals surface area contributed by atoms with Crippen molar-refractivity contribution in [2.24, 2.45) is 5.92 Å². The maximum absolute atomic E-state index is 12.2. The van der Waals surface area contributed by atoms with Gasteiger partial charge in [0.1, 0.15) is 5.60 Å². The van der Waals surface area contributed by atoms with Crippen molar-refractivity contribution in [3.63, 3.8) is 0 Å². The van der Waals surface area contributed by atoms with Crippen molar-refractivity contribution in [3.05, 3.63) is 0 Å². The summed E-state index contributed by atoms with van der Waals surface area (Å²) in [5, 5.41) is 2.86. The van der Waals surface area contributed by atoms with E-state index >= 15 is 0 Å². The zero-order chi connectivity index (χ0) is 17.7. The Kier molecular flexibility index (Phi) is 7.32. The SMILES string of the molecule is CCCCS(=O)(=O)N1CCC(C(C)NC(=O)OC(C)(C)C)CC1. The first-order valence-corrected chi connectivity index (χ1v) is 10.1. The van der Waals surface area contributed by atoms with Gasteiger partial charge in [0, 0.05) is 19.1 Å². The molecule has 136 valence electrons. The Morgan fingerprint density at radius 1 is 1.30 bits per heavy atom. The van der Waals surface area contributed by atoms with Crippen LogP contribution in [0.3, 0.4) is 0 Å². The Bertz CT molecular complexity index is 477. The molecular formula is C16H32N2O4S. The van der Waals surface area contributed by atoms with E-state index in [4.69, 9.17) is 4.74 Å². The van der Waals surface area contributed by atoms with Gasteiger partial charge in [-0.15, -0.1) is 0 Å². The van der Waals surface area contributed by atoms with Crippen LogP contribution >= 0.6 is 0 Å². The monoisotopic (exact) mass is 348 g/mol. The molecule has 0 aliphatic carbocycles. The molecule has 1 aliphatic heterocycles. The number of hydrogen-bond donors (Lipinski definition) is 1. The minimum absolute atomic E-state index is 0.0228. The first-order chi connectivity index (χ1) is 10.5. The lowest BCUT2D eigenvalue weighted by Crippen LogP contribution is -2.47. The Balaban J connectivity index is 2.45. The highest BCUT2D eigenvalue weighted by molar-refractivity contribution is 7.89. The van der Waals surface area contributed by atoms with E-state index in [0.717, 1.165) is 19.3 Å². The van der Waals surface area contributed by atoms with E-state index in [1.807, 2.05) is 34.6 Å². The molecule has 0 aromatic carbocycles. The lowest BCUT2D eigenvalue weighted by Gasteiger charge is -2.34. The van der Waals surface area contributed by atoms with Gasteiger partial charge in [0.2, 0.25) is 10.0 Å². The molecule has 0 spiro atoms. The molecule has 1 saturated heterocycles. The van der Waals surface area contributed by atoms with Crippen molar-refractivity contribution in [3.8, 4) is 0 Å². The molecule has 1 unspecified atom stereocenters. The van der Waals surface area contributed by atoms with Crippen molar-refractivity contribution in [1.82, 2.24) is 9.62 Å². The van der Waals surface area contributed by atoms with E-state index in [0.29, 0.717) is 19.5 Å². The van der Waals surface area contributed by atoms with Gasteiger partial charge in [-0.05, 0) is 52.9 Å². The molecule has 1 rings (SSSR count). The zero-order valence-corrected chi connectivity index (χ0v) is 15.9. The molecule has 0 aromatic heterocycles. The standard InChI is InChI=1S/C16H32N2O4S/c1-6-7-12-23(20,21)18-10-8-14(9-11-18)13(2)17-15(19)22-16(3,4)5/h13-14H,6-12H2,1-5H3,(H,17,19). The van der Waals surface area contributed by atoms with Gasteiger partial charge in [-0.2, -0.15) is 0 Å². The van der Waals surface area contributed by atoms with Crippen LogP contribution in [0, 0.1) is 5.92 Å². The summed E-state index contributed by atoms with van der Waals surface area (Å²) in [5.74, 6) is 0.514. The molecule has 1 N–H and O–H groups in total. The van der Waals surface area contributed by atoms with Crippen molar-refractivity contribution in [1.29, 1.82) is 0 Å². The van der Waals surface area contributed by atoms with Crippen LogP contribution in [0.2, 0.25) is 0 Å². The van der Waals surface area contributed by atoms with Gasteiger partial charge in [0.15, 0.2) is 0 Å². The van der Waals surface area contributed by atoms with Crippen LogP contribution in [0.1, 0.15) is 60.3 Å². The summed E-state index contributed by atoms with van der Waals surface area (Å²) in [4.78, 5) is 11.8. The van der Waals surface area contributed by atoms with E-state index in [-0.39, 0.29) is 17.7 Å². The number of nitrogens with one attached hydrogen (secondary N) is 1. The minimum atomic E-state index is -3.12. The predicted octanol–water partition coefficient (Wildman–Crippen LogP) is 2.74. The van der Waals surface area contributed by atoms with Crippen molar-refractivity contribution in [2.45, 2.75) is 71.9 Å². The fraction of sp³-hybridized carbons (Fsp3) is 0.938. The molecule has 1 atom stereocenters. The summed E-state index contributed by atoms with van der Waals surface area (Å²) in [7, 11) is -3.12. The Morgan fingerprint density at radius 3 is 2.35 bits per heavy atom. The van der Waals surface area contributed by atoms with E-state index < -0.39 is 21.7 Å². The number of hydrogen-bond acceptors (Lipinski definition) is 4. The number of alkyl carbamates (subject to hydrolysis) is 1. The lowest BCUT2D eigenvalue weighted by atomic mass is 9.91. The van der Waals surface area contributed by atoms with Crippen LogP contribution in [-0.2, 0) is 14.8 Å². The second kappa shape index (κ2) is 8.33. The van der Waals surface area contributed by atoms with Crippen LogP contribution in [0.25, 0.3) is 0 Å². The quantitative estimate of drug-likeness (QED) is 0.801. The van der Waals surface area contributed by atoms with Crippen molar-refractivity contribution in [2.75, 3.05) is 18.8 Å². The number of amides is 1. The average molecular weight is 349 g/mol. The van der Waals surface area contributed by atoms with E-state index in [1.165, 1.54) is 0 Å². The van der Waals surface area contributed by atoms with Gasteiger partial charge in [-0.25, -0.2) is 17.5 Å². The zero-order valence-electron chi connectivity index (χ0n) is 15.1. The molecular weight excluding hydrogens is 316 g/mol. The molecule has 1 heterocycles. The summed E-state index contributed by atoms with van der Waals surface area (Å²) in [6.07, 6.45) is 2.71. The first-order valence-electron chi connectivity index (χ1n) is 8.52. The van der Waals surface area contributed by atoms with Gasteiger partial charge in [0.05, 0.1) is 5.75 Å². The molecule has 23 heavy (non-hydrogen) atoms. The third-order valence-corrected chi connectivity index (χ3v) is 6.06. The Labute approximate surface area is 141 Å². The fourth-order valence-electron chi connectivity index (χ4n) is 2.72. The van der Waals surface area contributed by atoms with E-state index in [2.05, 4.69) is 5.32 Å². The Hall–Kier alpha value is -0.820. The number of sulfonamides is 1. The summed E-state index contributed by atoms with van der Waals surface area (Å²) < 4.78 is 31.2. The second-order valence-electron chi connectivity index (χ2n) is 7.34. The van der Waals surface area contributed by atoms with Gasteiger partial charge in [0.25, 0.3) is 0 Å². The summed E-state index contributed by atoms with van der Waals surface area (Å²) in [5.41, 5.74) is -0.513. The number of unbranched alkanes of at least 4 members (excludes halogenated alkanes) is 1. The number of ether oxygens (including phenoxy) is 1. The predicted molar refractivity (Wildman–Crippen MR) is 91.8 cm³/mol. The summed E-state index contributed by atoms with van der Waals surface area (Å²) in [6.45, 7) is 10.5. The average Bonchev–Trinajstić information content (AvgIpc) is 2.43. The smallest absolute Gasteiger partial charge is 0.407 e. The summed E-state index contributed by atoms with van der Waals surface area (Å²) in [6, 6.07) is -0.0228. The third-order valence-electron chi connectivity index (χ3n) is 4.10. The molecule has 0 saturated carbocycles. The third kappa shape index (κ3) is 7.08. The van der Waals surface area contributed by atoms with E-state index in [1.54, 1.807) is 4.31 Å². The number of carbonyl (C=O) groups excluding carboxylic acids is 1. The molecule has 1 amide bonds. The highest BCUT2D eigenvalue weighted by Gasteiger charge is 2.31. The molecule has 0 aromatic rings. The maximum atomic E-state index is 12.2. The van der Waals surface area contributed by atoms with Crippen LogP contribution in [-0.4, -0.2) is 49.3 Å². The lowest BCUT2D eigenvalue weighted by molar-refractivity contribution is 0.0481. The molecule has 1 fully saturated rings. The normalized spacial score (nSPS) is 19.3. The van der Waals surface area contributed by atoms with Gasteiger partial charge in [-0.3, -0.25) is 0 Å². The number of nitrogens with zero attached hydrogens (tertiary/aromatic N) is 1. The van der Waals surface area contributed by atoms with Crippen LogP contribution < -0.4 is 5.32 Å². The first kappa shape index (κ1) is 20.2. The topological polar surface area (TPSA) is 75.7 Å².